The molecule has 0 saturated heterocycles. The molecule has 6 nitrogen and oxygen atoms in total. The molecule has 90 valence electrons. The van der Waals surface area contributed by atoms with E-state index in [9.17, 15) is 22.8 Å². The zero-order chi connectivity index (χ0) is 12.8. The Morgan fingerprint density at radius 1 is 1.47 bits per heavy atom. The normalized spacial score (nSPS) is 11.9. The summed E-state index contributed by atoms with van der Waals surface area (Å²) < 4.78 is 42.4. The number of carboxylic acid groups (broad SMARTS) is 1. The Labute approximate surface area is 89.9 Å². The van der Waals surface area contributed by atoms with E-state index in [1.165, 1.54) is 0 Å². The summed E-state index contributed by atoms with van der Waals surface area (Å²) in [7, 11) is 0. The molecule has 0 atom stereocenters. The van der Waals surface area contributed by atoms with E-state index in [-0.39, 0.29) is 0 Å². The van der Waals surface area contributed by atoms with Crippen LogP contribution in [-0.4, -0.2) is 20.6 Å². The molecule has 0 amide bonds. The minimum atomic E-state index is -5.03. The number of carbonyl (C=O) groups is 1. The second-order valence-electron chi connectivity index (χ2n) is 3.00. The first-order valence-corrected chi connectivity index (χ1v) is 4.13. The lowest BCUT2D eigenvalue weighted by molar-refractivity contribution is -0.141. The van der Waals surface area contributed by atoms with Crippen LogP contribution in [0.1, 0.15) is 16.1 Å². The minimum Gasteiger partial charge on any atom is -0.477 e. The van der Waals surface area contributed by atoms with E-state index in [1.54, 1.807) is 0 Å². The fourth-order valence-corrected chi connectivity index (χ4v) is 1.28. The molecule has 0 unspecified atom stereocenters. The molecule has 0 radical (unpaired) electrons. The van der Waals surface area contributed by atoms with Crippen LogP contribution in [0.2, 0.25) is 0 Å². The Hall–Kier alpha value is -2.32. The van der Waals surface area contributed by atoms with Crippen molar-refractivity contribution in [3.63, 3.8) is 0 Å². The predicted molar refractivity (Wildman–Crippen MR) is 45.7 cm³/mol. The van der Waals surface area contributed by atoms with E-state index >= 15 is 0 Å². The van der Waals surface area contributed by atoms with Crippen molar-refractivity contribution in [3.05, 3.63) is 33.9 Å². The second-order valence-corrected chi connectivity index (χ2v) is 3.00. The van der Waals surface area contributed by atoms with Crippen molar-refractivity contribution in [1.29, 1.82) is 0 Å². The SMILES string of the molecule is O=C(O)c1c(C(F)(F)F)nc2ccon2c1=O. The summed E-state index contributed by atoms with van der Waals surface area (Å²) in [5.74, 6) is -2.01. The van der Waals surface area contributed by atoms with E-state index < -0.39 is 34.6 Å². The van der Waals surface area contributed by atoms with Crippen LogP contribution in [0.15, 0.2) is 21.6 Å². The molecule has 0 fully saturated rings. The number of fused-ring (bicyclic) bond motifs is 1. The van der Waals surface area contributed by atoms with Gasteiger partial charge in [-0.3, -0.25) is 4.79 Å². The number of hydrogen-bond acceptors (Lipinski definition) is 4. The third-order valence-electron chi connectivity index (χ3n) is 1.94. The smallest absolute Gasteiger partial charge is 0.434 e. The Morgan fingerprint density at radius 3 is 2.65 bits per heavy atom. The van der Waals surface area contributed by atoms with E-state index in [4.69, 9.17) is 5.11 Å². The monoisotopic (exact) mass is 248 g/mol. The second kappa shape index (κ2) is 3.34. The average molecular weight is 248 g/mol. The van der Waals surface area contributed by atoms with Gasteiger partial charge >= 0.3 is 17.7 Å². The van der Waals surface area contributed by atoms with Gasteiger partial charge in [0.25, 0.3) is 0 Å². The minimum absolute atomic E-state index is 0.374. The Morgan fingerprint density at radius 2 is 2.12 bits per heavy atom. The molecule has 0 saturated carbocycles. The lowest BCUT2D eigenvalue weighted by atomic mass is 10.2. The summed E-state index contributed by atoms with van der Waals surface area (Å²) in [4.78, 5) is 25.2. The topological polar surface area (TPSA) is 84.8 Å². The Balaban J connectivity index is 2.95. The number of hydrogen-bond donors (Lipinski definition) is 1. The highest BCUT2D eigenvalue weighted by atomic mass is 19.4. The van der Waals surface area contributed by atoms with Gasteiger partial charge in [0.1, 0.15) is 6.26 Å². The molecule has 0 aromatic carbocycles. The van der Waals surface area contributed by atoms with Crippen molar-refractivity contribution in [3.8, 4) is 0 Å². The van der Waals surface area contributed by atoms with E-state index in [0.717, 1.165) is 12.3 Å². The van der Waals surface area contributed by atoms with Crippen LogP contribution < -0.4 is 5.56 Å². The largest absolute Gasteiger partial charge is 0.477 e. The zero-order valence-corrected chi connectivity index (χ0v) is 7.85. The standard InChI is InChI=1S/C8H3F3N2O4/c9-8(10,11)5-4(7(15)16)6(14)13-3(12-5)1-2-17-13/h1-2H,(H,15,16). The van der Waals surface area contributed by atoms with Gasteiger partial charge < -0.3 is 9.63 Å². The van der Waals surface area contributed by atoms with Crippen molar-refractivity contribution in [2.24, 2.45) is 0 Å². The van der Waals surface area contributed by atoms with Gasteiger partial charge in [0, 0.05) is 6.07 Å². The molecular weight excluding hydrogens is 245 g/mol. The maximum absolute atomic E-state index is 12.5. The molecule has 2 aromatic heterocycles. The molecule has 1 N–H and O–H groups in total. The summed E-state index contributed by atoms with van der Waals surface area (Å²) in [5, 5.41) is 8.61. The van der Waals surface area contributed by atoms with Crippen LogP contribution in [0.3, 0.4) is 0 Å². The highest BCUT2D eigenvalue weighted by Crippen LogP contribution is 2.29. The number of alkyl halides is 3. The first-order valence-electron chi connectivity index (χ1n) is 4.13. The lowest BCUT2D eigenvalue weighted by Crippen LogP contribution is -2.28. The van der Waals surface area contributed by atoms with Gasteiger partial charge in [-0.05, 0) is 0 Å². The molecule has 0 aliphatic heterocycles. The maximum Gasteiger partial charge on any atom is 0.434 e. The van der Waals surface area contributed by atoms with Gasteiger partial charge in [0.2, 0.25) is 0 Å². The van der Waals surface area contributed by atoms with Gasteiger partial charge in [0.05, 0.1) is 0 Å². The molecule has 2 heterocycles. The fraction of sp³-hybridized carbons (Fsp3) is 0.125. The van der Waals surface area contributed by atoms with Crippen molar-refractivity contribution in [2.75, 3.05) is 0 Å². The van der Waals surface area contributed by atoms with E-state index in [2.05, 4.69) is 9.51 Å². The molecule has 2 aromatic rings. The number of halogens is 3. The van der Waals surface area contributed by atoms with E-state index in [0.29, 0.717) is 4.57 Å². The van der Waals surface area contributed by atoms with Crippen LogP contribution in [0.4, 0.5) is 13.2 Å². The summed E-state index contributed by atoms with van der Waals surface area (Å²) in [5.41, 5.74) is -5.03. The number of aromatic carboxylic acids is 1. The van der Waals surface area contributed by atoms with Gasteiger partial charge in [0.15, 0.2) is 16.9 Å². The van der Waals surface area contributed by atoms with Crippen molar-refractivity contribution < 1.29 is 27.6 Å². The Bertz CT molecular complexity index is 655. The van der Waals surface area contributed by atoms with Crippen LogP contribution in [-0.2, 0) is 6.18 Å². The molecule has 0 aliphatic rings. The van der Waals surface area contributed by atoms with Gasteiger partial charge in [-0.25, -0.2) is 9.78 Å². The summed E-state index contributed by atoms with van der Waals surface area (Å²) in [6.45, 7) is 0. The number of nitrogens with zero attached hydrogens (tertiary/aromatic N) is 2. The highest BCUT2D eigenvalue weighted by Gasteiger charge is 2.40. The highest BCUT2D eigenvalue weighted by molar-refractivity contribution is 5.88. The number of aromatic nitrogens is 2. The quantitative estimate of drug-likeness (QED) is 0.813. The molecule has 0 aliphatic carbocycles. The van der Waals surface area contributed by atoms with Crippen LogP contribution in [0, 0.1) is 0 Å². The summed E-state index contributed by atoms with van der Waals surface area (Å²) in [6.07, 6.45) is -4.10. The van der Waals surface area contributed by atoms with Gasteiger partial charge in [-0.1, -0.05) is 0 Å². The van der Waals surface area contributed by atoms with Gasteiger partial charge in [-0.15, -0.1) is 4.57 Å². The maximum atomic E-state index is 12.5. The van der Waals surface area contributed by atoms with Crippen molar-refractivity contribution >= 4 is 11.6 Å². The summed E-state index contributed by atoms with van der Waals surface area (Å²) in [6, 6.07) is 1.02. The number of rotatable bonds is 1. The molecule has 17 heavy (non-hydrogen) atoms. The van der Waals surface area contributed by atoms with Crippen LogP contribution >= 0.6 is 0 Å². The van der Waals surface area contributed by atoms with Crippen LogP contribution in [0.25, 0.3) is 5.65 Å². The first kappa shape index (κ1) is 11.2. The Kier molecular flexibility index (Phi) is 2.19. The fourth-order valence-electron chi connectivity index (χ4n) is 1.28. The third kappa shape index (κ3) is 1.65. The average Bonchev–Trinajstić information content (AvgIpc) is 2.63. The zero-order valence-electron chi connectivity index (χ0n) is 7.85. The molecule has 0 spiro atoms. The summed E-state index contributed by atoms with van der Waals surface area (Å²) >= 11 is 0. The van der Waals surface area contributed by atoms with Crippen LogP contribution in [0.5, 0.6) is 0 Å². The number of carboxylic acids is 1. The lowest BCUT2D eigenvalue weighted by Gasteiger charge is -2.07. The molecule has 0 bridgehead atoms. The van der Waals surface area contributed by atoms with E-state index in [1.807, 2.05) is 0 Å². The first-order chi connectivity index (χ1) is 7.82. The predicted octanol–water partition coefficient (Wildman–Crippen LogP) is 1.00. The molecule has 9 heteroatoms. The third-order valence-corrected chi connectivity index (χ3v) is 1.94. The van der Waals surface area contributed by atoms with Gasteiger partial charge in [-0.2, -0.15) is 13.2 Å². The van der Waals surface area contributed by atoms with Crippen molar-refractivity contribution in [2.45, 2.75) is 6.18 Å². The molecule has 2 rings (SSSR count). The van der Waals surface area contributed by atoms with Crippen molar-refractivity contribution in [1.82, 2.24) is 9.56 Å². The molecular formula is C8H3F3N2O4.